The molecule has 0 bridgehead atoms. The Morgan fingerprint density at radius 1 is 1.19 bits per heavy atom. The average Bonchev–Trinajstić information content (AvgIpc) is 2.49. The maximum Gasteiger partial charge on any atom is 0.255 e. The second-order valence-corrected chi connectivity index (χ2v) is 4.77. The van der Waals surface area contributed by atoms with Crippen molar-refractivity contribution in [2.24, 2.45) is 10.9 Å². The molecular formula is C16H17N3O2. The van der Waals surface area contributed by atoms with Gasteiger partial charge in [0.1, 0.15) is 0 Å². The standard InChI is InChI=1S/C16H17N3O2/c1-10-5-3-8-14(11(10)2)16(20)18-13-7-4-6-12(9-13)15(17)19-21/h3-9,21H,1-2H3,(H2,17,19)(H,18,20). The molecule has 0 spiro atoms. The Labute approximate surface area is 123 Å². The van der Waals surface area contributed by atoms with Crippen LogP contribution in [0.4, 0.5) is 5.69 Å². The molecule has 0 unspecified atom stereocenters. The predicted molar refractivity (Wildman–Crippen MR) is 82.8 cm³/mol. The number of rotatable bonds is 3. The first-order valence-corrected chi connectivity index (χ1v) is 6.48. The second-order valence-electron chi connectivity index (χ2n) is 4.77. The van der Waals surface area contributed by atoms with E-state index in [1.807, 2.05) is 26.0 Å². The molecular weight excluding hydrogens is 266 g/mol. The van der Waals surface area contributed by atoms with Crippen LogP contribution in [0.15, 0.2) is 47.6 Å². The van der Waals surface area contributed by atoms with Crippen LogP contribution >= 0.6 is 0 Å². The first-order valence-electron chi connectivity index (χ1n) is 6.48. The smallest absolute Gasteiger partial charge is 0.255 e. The van der Waals surface area contributed by atoms with E-state index in [4.69, 9.17) is 10.9 Å². The molecule has 0 aliphatic rings. The summed E-state index contributed by atoms with van der Waals surface area (Å²) in [6, 6.07) is 12.4. The van der Waals surface area contributed by atoms with Gasteiger partial charge in [-0.25, -0.2) is 0 Å². The van der Waals surface area contributed by atoms with Crippen LogP contribution < -0.4 is 11.1 Å². The van der Waals surface area contributed by atoms with Gasteiger partial charge in [-0.1, -0.05) is 29.4 Å². The number of carbonyl (C=O) groups is 1. The van der Waals surface area contributed by atoms with E-state index < -0.39 is 0 Å². The van der Waals surface area contributed by atoms with Crippen molar-refractivity contribution in [3.8, 4) is 0 Å². The van der Waals surface area contributed by atoms with E-state index in [0.717, 1.165) is 11.1 Å². The van der Waals surface area contributed by atoms with Crippen molar-refractivity contribution >= 4 is 17.4 Å². The van der Waals surface area contributed by atoms with Gasteiger partial charge in [-0.3, -0.25) is 4.79 Å². The summed E-state index contributed by atoms with van der Waals surface area (Å²) in [5, 5.41) is 14.4. The minimum atomic E-state index is -0.187. The Balaban J connectivity index is 2.26. The lowest BCUT2D eigenvalue weighted by atomic mass is 10.0. The van der Waals surface area contributed by atoms with Crippen LogP contribution in [0.5, 0.6) is 0 Å². The number of hydrogen-bond donors (Lipinski definition) is 3. The number of nitrogens with zero attached hydrogens (tertiary/aromatic N) is 1. The summed E-state index contributed by atoms with van der Waals surface area (Å²) < 4.78 is 0. The van der Waals surface area contributed by atoms with Crippen molar-refractivity contribution in [3.05, 3.63) is 64.7 Å². The number of amidine groups is 1. The third-order valence-corrected chi connectivity index (χ3v) is 3.37. The highest BCUT2D eigenvalue weighted by molar-refractivity contribution is 6.06. The van der Waals surface area contributed by atoms with Gasteiger partial charge in [-0.15, -0.1) is 0 Å². The normalized spacial score (nSPS) is 11.2. The quantitative estimate of drug-likeness (QED) is 0.350. The number of nitrogens with one attached hydrogen (secondary N) is 1. The predicted octanol–water partition coefficient (Wildman–Crippen LogP) is 2.65. The molecule has 2 rings (SSSR count). The molecule has 2 aromatic carbocycles. The van der Waals surface area contributed by atoms with Gasteiger partial charge in [0.05, 0.1) is 0 Å². The number of amides is 1. The molecule has 2 aromatic rings. The molecule has 0 aliphatic heterocycles. The minimum Gasteiger partial charge on any atom is -0.409 e. The van der Waals surface area contributed by atoms with Crippen molar-refractivity contribution in [2.45, 2.75) is 13.8 Å². The molecule has 0 aromatic heterocycles. The summed E-state index contributed by atoms with van der Waals surface area (Å²) in [7, 11) is 0. The average molecular weight is 283 g/mol. The monoisotopic (exact) mass is 283 g/mol. The molecule has 0 radical (unpaired) electrons. The highest BCUT2D eigenvalue weighted by Gasteiger charge is 2.11. The molecule has 0 saturated heterocycles. The molecule has 0 saturated carbocycles. The lowest BCUT2D eigenvalue weighted by Gasteiger charge is -2.10. The molecule has 0 aliphatic carbocycles. The second kappa shape index (κ2) is 6.09. The van der Waals surface area contributed by atoms with E-state index in [1.165, 1.54) is 0 Å². The van der Waals surface area contributed by atoms with E-state index in [0.29, 0.717) is 16.8 Å². The number of carbonyl (C=O) groups excluding carboxylic acids is 1. The minimum absolute atomic E-state index is 0.00200. The van der Waals surface area contributed by atoms with E-state index in [9.17, 15) is 4.79 Å². The zero-order valence-corrected chi connectivity index (χ0v) is 11.9. The van der Waals surface area contributed by atoms with Gasteiger partial charge >= 0.3 is 0 Å². The lowest BCUT2D eigenvalue weighted by Crippen LogP contribution is -2.16. The van der Waals surface area contributed by atoms with Gasteiger partial charge in [0, 0.05) is 16.8 Å². The maximum atomic E-state index is 12.3. The summed E-state index contributed by atoms with van der Waals surface area (Å²) in [5.41, 5.74) is 9.30. The summed E-state index contributed by atoms with van der Waals surface area (Å²) in [5.74, 6) is -0.189. The summed E-state index contributed by atoms with van der Waals surface area (Å²) in [6.45, 7) is 3.88. The van der Waals surface area contributed by atoms with Gasteiger partial charge in [-0.2, -0.15) is 0 Å². The van der Waals surface area contributed by atoms with E-state index in [2.05, 4.69) is 10.5 Å². The number of aryl methyl sites for hydroxylation is 1. The van der Waals surface area contributed by atoms with Crippen molar-refractivity contribution in [2.75, 3.05) is 5.32 Å². The highest BCUT2D eigenvalue weighted by Crippen LogP contribution is 2.16. The van der Waals surface area contributed by atoms with Gasteiger partial charge in [0.15, 0.2) is 5.84 Å². The highest BCUT2D eigenvalue weighted by atomic mass is 16.4. The van der Waals surface area contributed by atoms with Crippen LogP contribution in [0.2, 0.25) is 0 Å². The van der Waals surface area contributed by atoms with Crippen LogP contribution in [0.1, 0.15) is 27.0 Å². The Bertz CT molecular complexity index is 708. The number of nitrogens with two attached hydrogens (primary N) is 1. The van der Waals surface area contributed by atoms with E-state index in [1.54, 1.807) is 30.3 Å². The van der Waals surface area contributed by atoms with Crippen LogP contribution in [0.3, 0.4) is 0 Å². The van der Waals surface area contributed by atoms with Gasteiger partial charge < -0.3 is 16.3 Å². The lowest BCUT2D eigenvalue weighted by molar-refractivity contribution is 0.102. The number of oxime groups is 1. The molecule has 0 fully saturated rings. The Hall–Kier alpha value is -2.82. The first-order chi connectivity index (χ1) is 10.0. The van der Waals surface area contributed by atoms with Gasteiger partial charge in [-0.05, 0) is 43.2 Å². The Morgan fingerprint density at radius 2 is 1.90 bits per heavy atom. The van der Waals surface area contributed by atoms with Crippen molar-refractivity contribution in [3.63, 3.8) is 0 Å². The maximum absolute atomic E-state index is 12.3. The van der Waals surface area contributed by atoms with Crippen molar-refractivity contribution in [1.29, 1.82) is 0 Å². The molecule has 21 heavy (non-hydrogen) atoms. The molecule has 108 valence electrons. The fourth-order valence-corrected chi connectivity index (χ4v) is 2.01. The zero-order valence-electron chi connectivity index (χ0n) is 11.9. The van der Waals surface area contributed by atoms with Crippen LogP contribution in [0.25, 0.3) is 0 Å². The fraction of sp³-hybridized carbons (Fsp3) is 0.125. The van der Waals surface area contributed by atoms with Crippen LogP contribution in [0, 0.1) is 13.8 Å². The largest absolute Gasteiger partial charge is 0.409 e. The number of benzene rings is 2. The Morgan fingerprint density at radius 3 is 2.62 bits per heavy atom. The number of anilines is 1. The molecule has 0 heterocycles. The number of hydrogen-bond acceptors (Lipinski definition) is 3. The van der Waals surface area contributed by atoms with Crippen molar-refractivity contribution in [1.82, 2.24) is 0 Å². The third-order valence-electron chi connectivity index (χ3n) is 3.37. The zero-order chi connectivity index (χ0) is 15.4. The molecule has 5 nitrogen and oxygen atoms in total. The summed E-state index contributed by atoms with van der Waals surface area (Å²) in [6.07, 6.45) is 0. The van der Waals surface area contributed by atoms with Crippen LogP contribution in [-0.2, 0) is 0 Å². The molecule has 5 heteroatoms. The van der Waals surface area contributed by atoms with E-state index >= 15 is 0 Å². The molecule has 0 atom stereocenters. The summed E-state index contributed by atoms with van der Waals surface area (Å²) in [4.78, 5) is 12.3. The summed E-state index contributed by atoms with van der Waals surface area (Å²) >= 11 is 0. The van der Waals surface area contributed by atoms with E-state index in [-0.39, 0.29) is 11.7 Å². The SMILES string of the molecule is Cc1cccc(C(=O)Nc2cccc(/C(N)=N/O)c2)c1C. The van der Waals surface area contributed by atoms with Crippen LogP contribution in [-0.4, -0.2) is 17.0 Å². The molecule has 1 amide bonds. The third kappa shape index (κ3) is 3.20. The molecule has 4 N–H and O–H groups in total. The van der Waals surface area contributed by atoms with Gasteiger partial charge in [0.2, 0.25) is 0 Å². The van der Waals surface area contributed by atoms with Gasteiger partial charge in [0.25, 0.3) is 5.91 Å². The van der Waals surface area contributed by atoms with Crippen molar-refractivity contribution < 1.29 is 10.0 Å². The first kappa shape index (κ1) is 14.6. The topological polar surface area (TPSA) is 87.7 Å². The fourth-order valence-electron chi connectivity index (χ4n) is 2.01. The Kier molecular flexibility index (Phi) is 4.23.